The van der Waals surface area contributed by atoms with Crippen molar-refractivity contribution in [2.75, 3.05) is 27.2 Å². The molecule has 8 nitrogen and oxygen atoms in total. The molecule has 0 aliphatic carbocycles. The van der Waals surface area contributed by atoms with Crippen LogP contribution in [0, 0.1) is 5.92 Å². The standard InChI is InChI=1S/C20H25N3O.C4H4O4/c1-22(14-16-7-4-3-5-8-16)12-10-17-13-19-18(9-6-11-21-19)20(24)23(2)15-17;5-3(6)1-2-4(7)8/h3-9,11,17H,10,12-15H2,1-2H3;1-2H,(H,5,6)(H,7,8)/b;2-1-. The summed E-state index contributed by atoms with van der Waals surface area (Å²) in [6.07, 6.45) is 4.85. The highest BCUT2D eigenvalue weighted by atomic mass is 16.4. The van der Waals surface area contributed by atoms with Gasteiger partial charge in [-0.1, -0.05) is 30.3 Å². The Hall–Kier alpha value is -3.52. The molecule has 1 aliphatic rings. The molecule has 1 atom stereocenters. The lowest BCUT2D eigenvalue weighted by Gasteiger charge is -2.23. The molecule has 32 heavy (non-hydrogen) atoms. The number of amides is 1. The molecule has 0 spiro atoms. The van der Waals surface area contributed by atoms with Gasteiger partial charge in [0, 0.05) is 38.5 Å². The second-order valence-corrected chi connectivity index (χ2v) is 7.78. The van der Waals surface area contributed by atoms with E-state index in [2.05, 4.69) is 41.2 Å². The van der Waals surface area contributed by atoms with Crippen LogP contribution in [-0.4, -0.2) is 70.0 Å². The van der Waals surface area contributed by atoms with E-state index < -0.39 is 11.9 Å². The van der Waals surface area contributed by atoms with E-state index in [1.807, 2.05) is 30.1 Å². The van der Waals surface area contributed by atoms with Crippen molar-refractivity contribution in [2.24, 2.45) is 5.92 Å². The molecule has 2 aromatic rings. The third kappa shape index (κ3) is 8.31. The number of pyridine rings is 1. The highest BCUT2D eigenvalue weighted by Crippen LogP contribution is 2.22. The summed E-state index contributed by atoms with van der Waals surface area (Å²) in [6.45, 7) is 2.77. The van der Waals surface area contributed by atoms with Gasteiger partial charge in [-0.15, -0.1) is 0 Å². The van der Waals surface area contributed by atoms with Gasteiger partial charge in [0.2, 0.25) is 0 Å². The number of aromatic nitrogens is 1. The lowest BCUT2D eigenvalue weighted by atomic mass is 9.98. The van der Waals surface area contributed by atoms with Crippen LogP contribution in [0.25, 0.3) is 0 Å². The first-order valence-electron chi connectivity index (χ1n) is 10.3. The monoisotopic (exact) mass is 439 g/mol. The number of carboxylic acid groups (broad SMARTS) is 2. The van der Waals surface area contributed by atoms with Crippen LogP contribution >= 0.6 is 0 Å². The summed E-state index contributed by atoms with van der Waals surface area (Å²) in [6, 6.07) is 14.3. The number of benzene rings is 1. The van der Waals surface area contributed by atoms with Crippen LogP contribution in [0.3, 0.4) is 0 Å². The highest BCUT2D eigenvalue weighted by Gasteiger charge is 2.26. The number of carbonyl (C=O) groups excluding carboxylic acids is 1. The van der Waals surface area contributed by atoms with Crippen molar-refractivity contribution in [3.8, 4) is 0 Å². The molecule has 170 valence electrons. The number of fused-ring (bicyclic) bond motifs is 1. The van der Waals surface area contributed by atoms with Gasteiger partial charge < -0.3 is 20.0 Å². The van der Waals surface area contributed by atoms with Crippen molar-refractivity contribution in [1.29, 1.82) is 0 Å². The first kappa shape index (κ1) is 24.7. The Morgan fingerprint density at radius 3 is 2.41 bits per heavy atom. The SMILES string of the molecule is CN(CCC1Cc2ncccc2C(=O)N(C)C1)Cc1ccccc1.O=C(O)/C=C\C(=O)O. The largest absolute Gasteiger partial charge is 0.478 e. The average Bonchev–Trinajstić information content (AvgIpc) is 2.88. The molecular formula is C24H29N3O5. The van der Waals surface area contributed by atoms with Crippen LogP contribution in [0.4, 0.5) is 0 Å². The number of rotatable bonds is 7. The van der Waals surface area contributed by atoms with Gasteiger partial charge in [0.1, 0.15) is 0 Å². The maximum atomic E-state index is 12.4. The van der Waals surface area contributed by atoms with E-state index in [1.165, 1.54) is 5.56 Å². The van der Waals surface area contributed by atoms with Crippen LogP contribution in [0.5, 0.6) is 0 Å². The Balaban J connectivity index is 0.000000390. The fraction of sp³-hybridized carbons (Fsp3) is 0.333. The van der Waals surface area contributed by atoms with Crippen molar-refractivity contribution in [1.82, 2.24) is 14.8 Å². The minimum absolute atomic E-state index is 0.0956. The van der Waals surface area contributed by atoms with Gasteiger partial charge in [0.15, 0.2) is 0 Å². The summed E-state index contributed by atoms with van der Waals surface area (Å²) in [7, 11) is 4.05. The Morgan fingerprint density at radius 1 is 1.12 bits per heavy atom. The minimum atomic E-state index is -1.26. The number of carboxylic acids is 2. The number of hydrogen-bond donors (Lipinski definition) is 2. The van der Waals surface area contributed by atoms with Crippen LogP contribution < -0.4 is 0 Å². The molecule has 0 bridgehead atoms. The third-order valence-corrected chi connectivity index (χ3v) is 5.06. The van der Waals surface area contributed by atoms with E-state index >= 15 is 0 Å². The maximum Gasteiger partial charge on any atom is 0.328 e. The molecule has 2 heterocycles. The van der Waals surface area contributed by atoms with Gasteiger partial charge in [0.25, 0.3) is 5.91 Å². The van der Waals surface area contributed by atoms with E-state index in [1.54, 1.807) is 6.20 Å². The number of carbonyl (C=O) groups is 3. The van der Waals surface area contributed by atoms with Crippen molar-refractivity contribution in [3.63, 3.8) is 0 Å². The first-order chi connectivity index (χ1) is 15.3. The second-order valence-electron chi connectivity index (χ2n) is 7.78. The molecule has 0 saturated carbocycles. The van der Waals surface area contributed by atoms with Gasteiger partial charge in [0.05, 0.1) is 11.3 Å². The zero-order chi connectivity index (χ0) is 23.5. The zero-order valence-electron chi connectivity index (χ0n) is 18.3. The van der Waals surface area contributed by atoms with Gasteiger partial charge >= 0.3 is 11.9 Å². The summed E-state index contributed by atoms with van der Waals surface area (Å²) in [5.74, 6) is -1.97. The van der Waals surface area contributed by atoms with Crippen molar-refractivity contribution >= 4 is 17.8 Å². The molecule has 3 rings (SSSR count). The fourth-order valence-electron chi connectivity index (χ4n) is 3.52. The topological polar surface area (TPSA) is 111 Å². The van der Waals surface area contributed by atoms with Crippen LogP contribution in [0.1, 0.15) is 28.0 Å². The molecule has 2 N–H and O–H groups in total. The third-order valence-electron chi connectivity index (χ3n) is 5.06. The molecule has 8 heteroatoms. The van der Waals surface area contributed by atoms with E-state index in [9.17, 15) is 14.4 Å². The molecule has 1 unspecified atom stereocenters. The Bertz CT molecular complexity index is 930. The summed E-state index contributed by atoms with van der Waals surface area (Å²) in [4.78, 5) is 40.2. The summed E-state index contributed by atoms with van der Waals surface area (Å²) < 4.78 is 0. The lowest BCUT2D eigenvalue weighted by Crippen LogP contribution is -2.31. The smallest absolute Gasteiger partial charge is 0.328 e. The molecule has 1 aromatic carbocycles. The van der Waals surface area contributed by atoms with Crippen molar-refractivity contribution in [3.05, 3.63) is 77.6 Å². The number of nitrogens with zero attached hydrogens (tertiary/aromatic N) is 3. The van der Waals surface area contributed by atoms with Gasteiger partial charge in [-0.3, -0.25) is 9.78 Å². The highest BCUT2D eigenvalue weighted by molar-refractivity contribution is 5.95. The predicted molar refractivity (Wildman–Crippen MR) is 120 cm³/mol. The van der Waals surface area contributed by atoms with Crippen LogP contribution in [0.2, 0.25) is 0 Å². The van der Waals surface area contributed by atoms with Gasteiger partial charge in [-0.25, -0.2) is 9.59 Å². The van der Waals surface area contributed by atoms with E-state index in [4.69, 9.17) is 10.2 Å². The van der Waals surface area contributed by atoms with Crippen molar-refractivity contribution < 1.29 is 24.6 Å². The molecule has 0 radical (unpaired) electrons. The summed E-state index contributed by atoms with van der Waals surface area (Å²) in [5, 5.41) is 15.6. The zero-order valence-corrected chi connectivity index (χ0v) is 18.3. The predicted octanol–water partition coefficient (Wildman–Crippen LogP) is 2.56. The van der Waals surface area contributed by atoms with Gasteiger partial charge in [-0.05, 0) is 50.0 Å². The Kier molecular flexibility index (Phi) is 9.56. The molecule has 0 fully saturated rings. The average molecular weight is 440 g/mol. The van der Waals surface area contributed by atoms with Gasteiger partial charge in [-0.2, -0.15) is 0 Å². The van der Waals surface area contributed by atoms with E-state index in [0.717, 1.165) is 43.7 Å². The summed E-state index contributed by atoms with van der Waals surface area (Å²) in [5.41, 5.74) is 3.04. The molecule has 1 amide bonds. The second kappa shape index (κ2) is 12.4. The van der Waals surface area contributed by atoms with Crippen LogP contribution in [0.15, 0.2) is 60.8 Å². The lowest BCUT2D eigenvalue weighted by molar-refractivity contribution is -0.134. The molecular weight excluding hydrogens is 410 g/mol. The Morgan fingerprint density at radius 2 is 1.78 bits per heavy atom. The summed E-state index contributed by atoms with van der Waals surface area (Å²) >= 11 is 0. The Labute approximate surface area is 187 Å². The first-order valence-corrected chi connectivity index (χ1v) is 10.3. The van der Waals surface area contributed by atoms with E-state index in [0.29, 0.717) is 18.1 Å². The molecule has 0 saturated heterocycles. The number of aliphatic carboxylic acids is 2. The quantitative estimate of drug-likeness (QED) is 0.638. The normalized spacial score (nSPS) is 15.7. The minimum Gasteiger partial charge on any atom is -0.478 e. The van der Waals surface area contributed by atoms with E-state index in [-0.39, 0.29) is 5.91 Å². The molecule has 1 aliphatic heterocycles. The maximum absolute atomic E-state index is 12.4. The molecule has 1 aromatic heterocycles. The van der Waals surface area contributed by atoms with Crippen molar-refractivity contribution in [2.45, 2.75) is 19.4 Å². The van der Waals surface area contributed by atoms with Crippen LogP contribution in [-0.2, 0) is 22.6 Å². The fourth-order valence-corrected chi connectivity index (χ4v) is 3.52. The number of hydrogen-bond acceptors (Lipinski definition) is 5.